The van der Waals surface area contributed by atoms with Crippen LogP contribution in [-0.4, -0.2) is 37.5 Å². The summed E-state index contributed by atoms with van der Waals surface area (Å²) in [5, 5.41) is 19.7. The first-order valence-electron chi connectivity index (χ1n) is 7.33. The van der Waals surface area contributed by atoms with Crippen LogP contribution in [0.3, 0.4) is 0 Å². The van der Waals surface area contributed by atoms with E-state index in [9.17, 15) is 14.7 Å². The lowest BCUT2D eigenvalue weighted by Gasteiger charge is -2.24. The second-order valence-corrected chi connectivity index (χ2v) is 5.72. The van der Waals surface area contributed by atoms with E-state index in [1.165, 1.54) is 6.92 Å². The lowest BCUT2D eigenvalue weighted by Crippen LogP contribution is -2.51. The van der Waals surface area contributed by atoms with Gasteiger partial charge < -0.3 is 10.4 Å². The van der Waals surface area contributed by atoms with Gasteiger partial charge in [0.15, 0.2) is 5.69 Å². The molecule has 0 saturated carbocycles. The first kappa shape index (κ1) is 16.7. The fourth-order valence-corrected chi connectivity index (χ4v) is 2.15. The summed E-state index contributed by atoms with van der Waals surface area (Å²) in [4.78, 5) is 23.7. The zero-order chi connectivity index (χ0) is 17.2. The molecule has 1 aromatic heterocycles. The van der Waals surface area contributed by atoms with Crippen molar-refractivity contribution in [2.75, 3.05) is 0 Å². The molecule has 0 aliphatic heterocycles. The fourth-order valence-electron chi connectivity index (χ4n) is 2.15. The lowest BCUT2D eigenvalue weighted by molar-refractivity contribution is -0.143. The number of hydrogen-bond acceptors (Lipinski definition) is 4. The molecule has 0 bridgehead atoms. The van der Waals surface area contributed by atoms with Crippen LogP contribution in [0.25, 0.3) is 5.69 Å². The number of carbonyl (C=O) groups excluding carboxylic acids is 1. The summed E-state index contributed by atoms with van der Waals surface area (Å²) in [5.74, 6) is -1.63. The van der Waals surface area contributed by atoms with Gasteiger partial charge in [-0.15, -0.1) is 5.10 Å². The van der Waals surface area contributed by atoms with Crippen molar-refractivity contribution in [3.8, 4) is 5.69 Å². The Morgan fingerprint density at radius 3 is 2.61 bits per heavy atom. The number of nitrogens with zero attached hydrogens (tertiary/aromatic N) is 3. The number of carboxylic acid groups (broad SMARTS) is 1. The second kappa shape index (κ2) is 6.20. The van der Waals surface area contributed by atoms with E-state index < -0.39 is 17.4 Å². The van der Waals surface area contributed by atoms with Crippen molar-refractivity contribution in [2.24, 2.45) is 0 Å². The number of rotatable bonds is 5. The average Bonchev–Trinajstić information content (AvgIpc) is 2.88. The predicted molar refractivity (Wildman–Crippen MR) is 84.6 cm³/mol. The van der Waals surface area contributed by atoms with Crippen LogP contribution in [0, 0.1) is 13.8 Å². The van der Waals surface area contributed by atoms with Crippen LogP contribution in [0.15, 0.2) is 24.3 Å². The third-order valence-electron chi connectivity index (χ3n) is 3.92. The lowest BCUT2D eigenvalue weighted by atomic mass is 9.99. The molecule has 1 heterocycles. The number of aromatic nitrogens is 3. The van der Waals surface area contributed by atoms with Crippen molar-refractivity contribution >= 4 is 11.9 Å². The summed E-state index contributed by atoms with van der Waals surface area (Å²) in [6, 6.07) is 7.65. The molecule has 0 aliphatic rings. The molecular formula is C16H20N4O3. The number of hydrogen-bond donors (Lipinski definition) is 2. The Bertz CT molecular complexity index is 754. The minimum Gasteiger partial charge on any atom is -0.480 e. The van der Waals surface area contributed by atoms with Gasteiger partial charge in [-0.25, -0.2) is 9.48 Å². The topological polar surface area (TPSA) is 97.1 Å². The third-order valence-corrected chi connectivity index (χ3v) is 3.92. The molecule has 2 rings (SSSR count). The molecule has 1 aromatic carbocycles. The predicted octanol–water partition coefficient (Wildman–Crippen LogP) is 1.87. The number of amides is 1. The molecule has 2 N–H and O–H groups in total. The summed E-state index contributed by atoms with van der Waals surface area (Å²) in [7, 11) is 0. The minimum atomic E-state index is -1.34. The molecule has 2 aromatic rings. The summed E-state index contributed by atoms with van der Waals surface area (Å²) in [6.07, 6.45) is 0.263. The Morgan fingerprint density at radius 2 is 2.04 bits per heavy atom. The highest BCUT2D eigenvalue weighted by Crippen LogP contribution is 2.15. The zero-order valence-electron chi connectivity index (χ0n) is 13.6. The van der Waals surface area contributed by atoms with Gasteiger partial charge in [0.05, 0.1) is 11.4 Å². The molecule has 1 amide bonds. The average molecular weight is 316 g/mol. The van der Waals surface area contributed by atoms with Gasteiger partial charge in [-0.2, -0.15) is 0 Å². The highest BCUT2D eigenvalue weighted by molar-refractivity contribution is 5.97. The Kier molecular flexibility index (Phi) is 4.49. The first-order chi connectivity index (χ1) is 10.8. The maximum absolute atomic E-state index is 12.4. The number of nitrogens with one attached hydrogen (secondary N) is 1. The SMILES string of the molecule is CCC(C)(NC(=O)c1nnn(-c2cccc(C)c2)c1C)C(=O)O. The van der Waals surface area contributed by atoms with E-state index in [0.717, 1.165) is 11.3 Å². The maximum atomic E-state index is 12.4. The Balaban J connectivity index is 2.32. The molecule has 1 unspecified atom stereocenters. The van der Waals surface area contributed by atoms with Crippen molar-refractivity contribution in [3.63, 3.8) is 0 Å². The van der Waals surface area contributed by atoms with Crippen molar-refractivity contribution in [3.05, 3.63) is 41.2 Å². The van der Waals surface area contributed by atoms with Crippen LogP contribution >= 0.6 is 0 Å². The first-order valence-corrected chi connectivity index (χ1v) is 7.33. The Labute approximate surface area is 134 Å². The molecular weight excluding hydrogens is 296 g/mol. The van der Waals surface area contributed by atoms with Gasteiger partial charge in [0.1, 0.15) is 5.54 Å². The van der Waals surface area contributed by atoms with Crippen LogP contribution in [0.5, 0.6) is 0 Å². The second-order valence-electron chi connectivity index (χ2n) is 5.72. The molecule has 0 radical (unpaired) electrons. The normalized spacial score (nSPS) is 13.4. The van der Waals surface area contributed by atoms with E-state index in [2.05, 4.69) is 15.6 Å². The summed E-state index contributed by atoms with van der Waals surface area (Å²) >= 11 is 0. The van der Waals surface area contributed by atoms with E-state index in [1.807, 2.05) is 31.2 Å². The number of carbonyl (C=O) groups is 2. The van der Waals surface area contributed by atoms with Gasteiger partial charge in [-0.05, 0) is 44.9 Å². The smallest absolute Gasteiger partial charge is 0.329 e. The Morgan fingerprint density at radius 1 is 1.35 bits per heavy atom. The van der Waals surface area contributed by atoms with E-state index >= 15 is 0 Å². The van der Waals surface area contributed by atoms with Crippen molar-refractivity contribution in [1.29, 1.82) is 0 Å². The maximum Gasteiger partial charge on any atom is 0.329 e. The molecule has 0 spiro atoms. The molecule has 0 fully saturated rings. The summed E-state index contributed by atoms with van der Waals surface area (Å²) in [6.45, 7) is 6.85. The van der Waals surface area contributed by atoms with Crippen molar-refractivity contribution in [2.45, 2.75) is 39.7 Å². The molecule has 7 heteroatoms. The van der Waals surface area contributed by atoms with Crippen LogP contribution < -0.4 is 5.32 Å². The number of carboxylic acids is 1. The highest BCUT2D eigenvalue weighted by atomic mass is 16.4. The quantitative estimate of drug-likeness (QED) is 0.877. The van der Waals surface area contributed by atoms with Crippen LogP contribution in [-0.2, 0) is 4.79 Å². The fraction of sp³-hybridized carbons (Fsp3) is 0.375. The highest BCUT2D eigenvalue weighted by Gasteiger charge is 2.34. The third kappa shape index (κ3) is 3.23. The van der Waals surface area contributed by atoms with E-state index in [4.69, 9.17) is 0 Å². The number of aryl methyl sites for hydroxylation is 1. The van der Waals surface area contributed by atoms with Crippen LogP contribution in [0.1, 0.15) is 42.0 Å². The molecule has 0 saturated heterocycles. The van der Waals surface area contributed by atoms with Gasteiger partial charge in [-0.3, -0.25) is 4.79 Å². The minimum absolute atomic E-state index is 0.118. The zero-order valence-corrected chi connectivity index (χ0v) is 13.6. The van der Waals surface area contributed by atoms with E-state index in [1.54, 1.807) is 18.5 Å². The van der Waals surface area contributed by atoms with Crippen molar-refractivity contribution < 1.29 is 14.7 Å². The summed E-state index contributed by atoms with van der Waals surface area (Å²) < 4.78 is 1.56. The van der Waals surface area contributed by atoms with Crippen LogP contribution in [0.2, 0.25) is 0 Å². The standard InChI is InChI=1S/C16H20N4O3/c1-5-16(4,15(22)23)17-14(21)13-11(3)20(19-18-13)12-8-6-7-10(2)9-12/h6-9H,5H2,1-4H3,(H,17,21)(H,22,23). The molecule has 1 atom stereocenters. The number of benzene rings is 1. The van der Waals surface area contributed by atoms with Gasteiger partial charge in [0, 0.05) is 0 Å². The van der Waals surface area contributed by atoms with Gasteiger partial charge >= 0.3 is 5.97 Å². The largest absolute Gasteiger partial charge is 0.480 e. The van der Waals surface area contributed by atoms with E-state index in [-0.39, 0.29) is 12.1 Å². The number of aliphatic carboxylic acids is 1. The molecule has 122 valence electrons. The van der Waals surface area contributed by atoms with Crippen LogP contribution in [0.4, 0.5) is 0 Å². The van der Waals surface area contributed by atoms with Gasteiger partial charge in [-0.1, -0.05) is 24.3 Å². The monoisotopic (exact) mass is 316 g/mol. The Hall–Kier alpha value is -2.70. The summed E-state index contributed by atoms with van der Waals surface area (Å²) in [5.41, 5.74) is 1.19. The van der Waals surface area contributed by atoms with Gasteiger partial charge in [0.25, 0.3) is 5.91 Å². The van der Waals surface area contributed by atoms with E-state index in [0.29, 0.717) is 5.69 Å². The molecule has 7 nitrogen and oxygen atoms in total. The van der Waals surface area contributed by atoms with Gasteiger partial charge in [0.2, 0.25) is 0 Å². The van der Waals surface area contributed by atoms with Crippen molar-refractivity contribution in [1.82, 2.24) is 20.3 Å². The molecule has 23 heavy (non-hydrogen) atoms. The molecule has 0 aliphatic carbocycles.